The molecule has 1 aromatic heterocycles. The predicted octanol–water partition coefficient (Wildman–Crippen LogP) is 0.0493. The molecule has 104 valence electrons. The molecule has 19 heavy (non-hydrogen) atoms. The van der Waals surface area contributed by atoms with Gasteiger partial charge in [0.15, 0.2) is 0 Å². The number of carbonyl (C=O) groups excluding carboxylic acids is 1. The summed E-state index contributed by atoms with van der Waals surface area (Å²) in [5.74, 6) is -1.37. The van der Waals surface area contributed by atoms with Crippen LogP contribution in [0.25, 0.3) is 0 Å². The number of unbranched alkanes of at least 4 members (excludes halogenated alkanes) is 1. The van der Waals surface area contributed by atoms with Crippen molar-refractivity contribution in [2.75, 3.05) is 13.1 Å². The van der Waals surface area contributed by atoms with Gasteiger partial charge in [-0.15, -0.1) is 0 Å². The monoisotopic (exact) mass is 266 g/mol. The average molecular weight is 266 g/mol. The van der Waals surface area contributed by atoms with Gasteiger partial charge in [-0.05, 0) is 13.0 Å². The minimum Gasteiger partial charge on any atom is -0.480 e. The molecule has 0 saturated heterocycles. The number of carboxylic acid groups (broad SMARTS) is 1. The van der Waals surface area contributed by atoms with E-state index in [0.29, 0.717) is 12.1 Å². The molecule has 0 spiro atoms. The molecule has 0 aliphatic heterocycles. The lowest BCUT2D eigenvalue weighted by molar-refractivity contribution is -0.139. The van der Waals surface area contributed by atoms with Gasteiger partial charge in [-0.2, -0.15) is 0 Å². The van der Waals surface area contributed by atoms with E-state index in [4.69, 9.17) is 5.11 Å². The molecule has 7 heteroatoms. The van der Waals surface area contributed by atoms with Gasteiger partial charge in [0, 0.05) is 18.9 Å². The third-order valence-electron chi connectivity index (χ3n) is 2.51. The first kappa shape index (κ1) is 15.0. The van der Waals surface area contributed by atoms with Crippen LogP contribution >= 0.6 is 0 Å². The molecule has 0 fully saturated rings. The van der Waals surface area contributed by atoms with Crippen molar-refractivity contribution in [3.8, 4) is 0 Å². The molecule has 1 aromatic rings. The van der Waals surface area contributed by atoms with Crippen molar-refractivity contribution in [2.24, 2.45) is 0 Å². The molecule has 0 radical (unpaired) electrons. The summed E-state index contributed by atoms with van der Waals surface area (Å²) in [5, 5.41) is 14.4. The highest BCUT2D eigenvalue weighted by atomic mass is 16.4. The van der Waals surface area contributed by atoms with Crippen LogP contribution in [0, 0.1) is 0 Å². The number of hydrogen-bond acceptors (Lipinski definition) is 5. The van der Waals surface area contributed by atoms with E-state index in [-0.39, 0.29) is 12.5 Å². The maximum absolute atomic E-state index is 11.7. The summed E-state index contributed by atoms with van der Waals surface area (Å²) in [6.07, 6.45) is 5.95. The fourth-order valence-corrected chi connectivity index (χ4v) is 1.41. The Labute approximate surface area is 111 Å². The standard InChI is InChI=1S/C12H18N4O3/c1-2-3-4-15-10(12(18)19)7-16-11(17)9-5-13-8-14-6-9/h5-6,8,10,15H,2-4,7H2,1H3,(H,16,17)(H,18,19). The summed E-state index contributed by atoms with van der Waals surface area (Å²) in [7, 11) is 0. The first-order valence-corrected chi connectivity index (χ1v) is 6.14. The average Bonchev–Trinajstić information content (AvgIpc) is 2.43. The van der Waals surface area contributed by atoms with Crippen molar-refractivity contribution < 1.29 is 14.7 Å². The Morgan fingerprint density at radius 3 is 2.63 bits per heavy atom. The van der Waals surface area contributed by atoms with Gasteiger partial charge in [-0.25, -0.2) is 9.97 Å². The van der Waals surface area contributed by atoms with Crippen molar-refractivity contribution in [3.05, 3.63) is 24.3 Å². The second-order valence-corrected chi connectivity index (χ2v) is 4.04. The molecule has 1 rings (SSSR count). The minimum atomic E-state index is -0.985. The summed E-state index contributed by atoms with van der Waals surface area (Å²) >= 11 is 0. The summed E-state index contributed by atoms with van der Waals surface area (Å²) in [6, 6.07) is -0.792. The van der Waals surface area contributed by atoms with E-state index in [0.717, 1.165) is 12.8 Å². The Morgan fingerprint density at radius 1 is 1.37 bits per heavy atom. The van der Waals surface area contributed by atoms with Crippen LogP contribution in [0.2, 0.25) is 0 Å². The number of carboxylic acids is 1. The summed E-state index contributed by atoms with van der Waals surface area (Å²) in [4.78, 5) is 30.1. The van der Waals surface area contributed by atoms with Gasteiger partial charge in [0.05, 0.1) is 5.56 Å². The highest BCUT2D eigenvalue weighted by Gasteiger charge is 2.17. The molecule has 3 N–H and O–H groups in total. The van der Waals surface area contributed by atoms with Crippen LogP contribution in [-0.4, -0.2) is 46.1 Å². The van der Waals surface area contributed by atoms with Crippen LogP contribution < -0.4 is 10.6 Å². The highest BCUT2D eigenvalue weighted by molar-refractivity contribution is 5.93. The third kappa shape index (κ3) is 5.43. The van der Waals surface area contributed by atoms with Crippen molar-refractivity contribution in [3.63, 3.8) is 0 Å². The van der Waals surface area contributed by atoms with Gasteiger partial charge in [0.2, 0.25) is 0 Å². The first-order valence-electron chi connectivity index (χ1n) is 6.14. The number of rotatable bonds is 8. The number of hydrogen-bond donors (Lipinski definition) is 3. The lowest BCUT2D eigenvalue weighted by Crippen LogP contribution is -2.46. The second kappa shape index (κ2) is 8.15. The summed E-state index contributed by atoms with van der Waals surface area (Å²) in [6.45, 7) is 2.65. The van der Waals surface area contributed by atoms with Crippen molar-refractivity contribution in [1.82, 2.24) is 20.6 Å². The van der Waals surface area contributed by atoms with Gasteiger partial charge in [0.25, 0.3) is 5.91 Å². The fourth-order valence-electron chi connectivity index (χ4n) is 1.41. The smallest absolute Gasteiger partial charge is 0.322 e. The van der Waals surface area contributed by atoms with E-state index in [1.807, 2.05) is 6.92 Å². The Bertz CT molecular complexity index is 411. The number of aromatic nitrogens is 2. The number of amides is 1. The molecule has 0 bridgehead atoms. The van der Waals surface area contributed by atoms with Crippen LogP contribution in [0.4, 0.5) is 0 Å². The van der Waals surface area contributed by atoms with Gasteiger partial charge >= 0.3 is 5.97 Å². The van der Waals surface area contributed by atoms with E-state index in [2.05, 4.69) is 20.6 Å². The van der Waals surface area contributed by atoms with Crippen molar-refractivity contribution in [1.29, 1.82) is 0 Å². The van der Waals surface area contributed by atoms with Crippen molar-refractivity contribution >= 4 is 11.9 Å². The topological polar surface area (TPSA) is 104 Å². The number of nitrogens with one attached hydrogen (secondary N) is 2. The zero-order valence-corrected chi connectivity index (χ0v) is 10.8. The Morgan fingerprint density at radius 2 is 2.05 bits per heavy atom. The number of aliphatic carboxylic acids is 1. The van der Waals surface area contributed by atoms with Crippen molar-refractivity contribution in [2.45, 2.75) is 25.8 Å². The van der Waals surface area contributed by atoms with Crippen LogP contribution in [0.3, 0.4) is 0 Å². The normalized spacial score (nSPS) is 11.8. The van der Waals surface area contributed by atoms with Gasteiger partial charge < -0.3 is 15.7 Å². The molecule has 1 amide bonds. The lowest BCUT2D eigenvalue weighted by Gasteiger charge is -2.14. The van der Waals surface area contributed by atoms with E-state index in [1.54, 1.807) is 0 Å². The molecular formula is C12H18N4O3. The van der Waals surface area contributed by atoms with Crippen LogP contribution in [0.5, 0.6) is 0 Å². The molecule has 0 aromatic carbocycles. The largest absolute Gasteiger partial charge is 0.480 e. The van der Waals surface area contributed by atoms with Gasteiger partial charge in [0.1, 0.15) is 12.4 Å². The van der Waals surface area contributed by atoms with E-state index < -0.39 is 12.0 Å². The zero-order valence-electron chi connectivity index (χ0n) is 10.8. The molecule has 7 nitrogen and oxygen atoms in total. The second-order valence-electron chi connectivity index (χ2n) is 4.04. The maximum atomic E-state index is 11.7. The fraction of sp³-hybridized carbons (Fsp3) is 0.500. The van der Waals surface area contributed by atoms with Crippen LogP contribution in [0.1, 0.15) is 30.1 Å². The lowest BCUT2D eigenvalue weighted by atomic mass is 10.2. The predicted molar refractivity (Wildman–Crippen MR) is 68.7 cm³/mol. The Kier molecular flexibility index (Phi) is 6.45. The molecule has 0 aliphatic rings. The van der Waals surface area contributed by atoms with Crippen LogP contribution in [-0.2, 0) is 4.79 Å². The highest BCUT2D eigenvalue weighted by Crippen LogP contribution is 1.93. The van der Waals surface area contributed by atoms with E-state index in [1.165, 1.54) is 18.7 Å². The molecule has 1 heterocycles. The maximum Gasteiger partial charge on any atom is 0.322 e. The molecule has 1 unspecified atom stereocenters. The third-order valence-corrected chi connectivity index (χ3v) is 2.51. The minimum absolute atomic E-state index is 0.0206. The van der Waals surface area contributed by atoms with E-state index in [9.17, 15) is 9.59 Å². The zero-order chi connectivity index (χ0) is 14.1. The number of carbonyl (C=O) groups is 2. The summed E-state index contributed by atoms with van der Waals surface area (Å²) in [5.41, 5.74) is 0.306. The molecule has 0 saturated carbocycles. The number of nitrogens with zero attached hydrogens (tertiary/aromatic N) is 2. The summed E-state index contributed by atoms with van der Waals surface area (Å²) < 4.78 is 0. The molecule has 0 aliphatic carbocycles. The Hall–Kier alpha value is -2.02. The van der Waals surface area contributed by atoms with Crippen LogP contribution in [0.15, 0.2) is 18.7 Å². The first-order chi connectivity index (χ1) is 9.15. The molecular weight excluding hydrogens is 248 g/mol. The SMILES string of the molecule is CCCCNC(CNC(=O)c1cncnc1)C(=O)O. The molecule has 1 atom stereocenters. The Balaban J connectivity index is 2.43. The quantitative estimate of drug-likeness (QED) is 0.574. The van der Waals surface area contributed by atoms with Gasteiger partial charge in [-0.3, -0.25) is 9.59 Å². The van der Waals surface area contributed by atoms with Gasteiger partial charge in [-0.1, -0.05) is 13.3 Å². The van der Waals surface area contributed by atoms with E-state index >= 15 is 0 Å².